The molecule has 0 N–H and O–H groups in total. The van der Waals surface area contributed by atoms with Gasteiger partial charge in [0.2, 0.25) is 5.88 Å². The first-order chi connectivity index (χ1) is 16.6. The maximum Gasteiger partial charge on any atom is 0.231 e. The first kappa shape index (κ1) is 22.6. The van der Waals surface area contributed by atoms with Crippen LogP contribution >= 0.6 is 0 Å². The standard InChI is InChI=1S/C25H31N7O2/c1-17(2)30-7-4-18(14-30)15-31-16-20(12-28-31)24-22-5-8-34-9-6-23(22)32(29-24)21-10-19(11-26)25(33-3)27-13-21/h10,12-13,16-18H,4-9,14-15H2,1-3H3. The summed E-state index contributed by atoms with van der Waals surface area (Å²) in [5.41, 5.74) is 5.34. The number of fused-ring (bicyclic) bond motifs is 1. The van der Waals surface area contributed by atoms with E-state index in [1.54, 1.807) is 12.3 Å². The largest absolute Gasteiger partial charge is 0.480 e. The molecule has 0 aliphatic carbocycles. The number of hydrogen-bond acceptors (Lipinski definition) is 7. The summed E-state index contributed by atoms with van der Waals surface area (Å²) in [5, 5.41) is 19.2. The van der Waals surface area contributed by atoms with Gasteiger partial charge in [0.15, 0.2) is 0 Å². The molecule has 0 amide bonds. The molecular formula is C25H31N7O2. The maximum atomic E-state index is 9.52. The Bertz CT molecular complexity index is 1210. The van der Waals surface area contributed by atoms with Crippen molar-refractivity contribution in [3.63, 3.8) is 0 Å². The van der Waals surface area contributed by atoms with Crippen molar-refractivity contribution in [2.45, 2.75) is 45.7 Å². The second kappa shape index (κ2) is 9.57. The zero-order valence-electron chi connectivity index (χ0n) is 20.1. The SMILES string of the molecule is COc1ncc(-n2nc(-c3cnn(CC4CCN(C(C)C)C4)c3)c3c2CCOCC3)cc1C#N. The van der Waals surface area contributed by atoms with E-state index in [0.717, 1.165) is 55.1 Å². The van der Waals surface area contributed by atoms with E-state index in [4.69, 9.17) is 14.6 Å². The van der Waals surface area contributed by atoms with Gasteiger partial charge in [-0.05, 0) is 45.2 Å². The lowest BCUT2D eigenvalue weighted by Gasteiger charge is -2.20. The van der Waals surface area contributed by atoms with Crippen LogP contribution in [0.25, 0.3) is 16.9 Å². The molecule has 0 spiro atoms. The van der Waals surface area contributed by atoms with Gasteiger partial charge in [-0.3, -0.25) is 4.68 Å². The van der Waals surface area contributed by atoms with E-state index in [2.05, 4.69) is 45.8 Å². The molecule has 1 fully saturated rings. The highest BCUT2D eigenvalue weighted by Crippen LogP contribution is 2.31. The Kier molecular flexibility index (Phi) is 6.35. The van der Waals surface area contributed by atoms with E-state index in [0.29, 0.717) is 36.6 Å². The Hall–Kier alpha value is -3.22. The van der Waals surface area contributed by atoms with Gasteiger partial charge in [0.25, 0.3) is 0 Å². The molecule has 3 aromatic rings. The molecule has 2 aliphatic rings. The van der Waals surface area contributed by atoms with E-state index < -0.39 is 0 Å². The third kappa shape index (κ3) is 4.31. The molecule has 178 valence electrons. The van der Waals surface area contributed by atoms with Crippen LogP contribution in [0.3, 0.4) is 0 Å². The van der Waals surface area contributed by atoms with Crippen LogP contribution in [0.5, 0.6) is 5.88 Å². The minimum absolute atomic E-state index is 0.317. The van der Waals surface area contributed by atoms with Gasteiger partial charge >= 0.3 is 0 Å². The number of ether oxygens (including phenoxy) is 2. The molecule has 0 aromatic carbocycles. The fourth-order valence-corrected chi connectivity index (χ4v) is 5.03. The van der Waals surface area contributed by atoms with Crippen LogP contribution < -0.4 is 4.74 Å². The summed E-state index contributed by atoms with van der Waals surface area (Å²) in [4.78, 5) is 6.86. The zero-order chi connectivity index (χ0) is 23.7. The highest BCUT2D eigenvalue weighted by atomic mass is 16.5. The van der Waals surface area contributed by atoms with E-state index in [-0.39, 0.29) is 0 Å². The molecule has 1 unspecified atom stereocenters. The average Bonchev–Trinajstić information content (AvgIpc) is 3.54. The van der Waals surface area contributed by atoms with E-state index >= 15 is 0 Å². The first-order valence-corrected chi connectivity index (χ1v) is 12.0. The summed E-state index contributed by atoms with van der Waals surface area (Å²) in [6.45, 7) is 9.03. The first-order valence-electron chi connectivity index (χ1n) is 12.0. The molecule has 34 heavy (non-hydrogen) atoms. The van der Waals surface area contributed by atoms with Crippen molar-refractivity contribution in [2.75, 3.05) is 33.4 Å². The Morgan fingerprint density at radius 1 is 1.26 bits per heavy atom. The second-order valence-corrected chi connectivity index (χ2v) is 9.35. The van der Waals surface area contributed by atoms with Crippen LogP contribution in [0, 0.1) is 17.2 Å². The van der Waals surface area contributed by atoms with Gasteiger partial charge in [0.1, 0.15) is 11.6 Å². The number of methoxy groups -OCH3 is 1. The smallest absolute Gasteiger partial charge is 0.231 e. The van der Waals surface area contributed by atoms with Crippen molar-refractivity contribution in [3.8, 4) is 28.9 Å². The Morgan fingerprint density at radius 3 is 2.88 bits per heavy atom. The quantitative estimate of drug-likeness (QED) is 0.557. The van der Waals surface area contributed by atoms with Gasteiger partial charge in [0.05, 0.1) is 49.8 Å². The molecular weight excluding hydrogens is 430 g/mol. The highest BCUT2D eigenvalue weighted by Gasteiger charge is 2.26. The fourth-order valence-electron chi connectivity index (χ4n) is 5.03. The molecule has 0 saturated carbocycles. The lowest BCUT2D eigenvalue weighted by molar-refractivity contribution is 0.145. The van der Waals surface area contributed by atoms with Gasteiger partial charge in [-0.2, -0.15) is 15.5 Å². The third-order valence-electron chi connectivity index (χ3n) is 6.86. The molecule has 2 aliphatic heterocycles. The predicted octanol–water partition coefficient (Wildman–Crippen LogP) is 2.86. The van der Waals surface area contributed by atoms with Gasteiger partial charge in [-0.15, -0.1) is 0 Å². The van der Waals surface area contributed by atoms with Crippen molar-refractivity contribution < 1.29 is 9.47 Å². The zero-order valence-corrected chi connectivity index (χ0v) is 20.1. The van der Waals surface area contributed by atoms with E-state index in [1.807, 2.05) is 10.9 Å². The van der Waals surface area contributed by atoms with Crippen molar-refractivity contribution in [1.29, 1.82) is 5.26 Å². The molecule has 1 saturated heterocycles. The van der Waals surface area contributed by atoms with Crippen molar-refractivity contribution in [3.05, 3.63) is 41.5 Å². The lowest BCUT2D eigenvalue weighted by Crippen LogP contribution is -2.28. The lowest BCUT2D eigenvalue weighted by atomic mass is 10.0. The summed E-state index contributed by atoms with van der Waals surface area (Å²) < 4.78 is 14.9. The van der Waals surface area contributed by atoms with Crippen molar-refractivity contribution >= 4 is 0 Å². The summed E-state index contributed by atoms with van der Waals surface area (Å²) in [6, 6.07) is 4.53. The van der Waals surface area contributed by atoms with Crippen LogP contribution in [-0.4, -0.2) is 68.9 Å². The molecule has 5 heterocycles. The second-order valence-electron chi connectivity index (χ2n) is 9.35. The van der Waals surface area contributed by atoms with Gasteiger partial charge in [-0.25, -0.2) is 9.67 Å². The van der Waals surface area contributed by atoms with Gasteiger partial charge in [0, 0.05) is 42.9 Å². The molecule has 0 bridgehead atoms. The number of pyridine rings is 1. The minimum Gasteiger partial charge on any atom is -0.480 e. The normalized spacial score (nSPS) is 18.6. The Labute approximate surface area is 199 Å². The number of nitrogens with zero attached hydrogens (tertiary/aromatic N) is 7. The van der Waals surface area contributed by atoms with Gasteiger partial charge in [-0.1, -0.05) is 0 Å². The Balaban J connectivity index is 1.47. The number of rotatable bonds is 6. The number of likely N-dealkylation sites (tertiary alicyclic amines) is 1. The topological polar surface area (TPSA) is 94.0 Å². The molecule has 1 atom stereocenters. The maximum absolute atomic E-state index is 9.52. The van der Waals surface area contributed by atoms with Crippen LogP contribution in [0.4, 0.5) is 0 Å². The molecule has 9 nitrogen and oxygen atoms in total. The number of hydrogen-bond donors (Lipinski definition) is 0. The molecule has 5 rings (SSSR count). The predicted molar refractivity (Wildman–Crippen MR) is 127 cm³/mol. The number of nitriles is 1. The summed E-state index contributed by atoms with van der Waals surface area (Å²) >= 11 is 0. The van der Waals surface area contributed by atoms with Crippen LogP contribution in [0.2, 0.25) is 0 Å². The molecule has 3 aromatic heterocycles. The van der Waals surface area contributed by atoms with Crippen LogP contribution in [0.1, 0.15) is 37.1 Å². The van der Waals surface area contributed by atoms with Crippen LogP contribution in [-0.2, 0) is 24.1 Å². The summed E-state index contributed by atoms with van der Waals surface area (Å²) in [7, 11) is 1.52. The average molecular weight is 462 g/mol. The summed E-state index contributed by atoms with van der Waals surface area (Å²) in [5.74, 6) is 0.935. The highest BCUT2D eigenvalue weighted by molar-refractivity contribution is 5.64. The van der Waals surface area contributed by atoms with Crippen molar-refractivity contribution in [2.24, 2.45) is 5.92 Å². The van der Waals surface area contributed by atoms with Crippen molar-refractivity contribution in [1.82, 2.24) is 29.4 Å². The van der Waals surface area contributed by atoms with E-state index in [1.165, 1.54) is 19.1 Å². The third-order valence-corrected chi connectivity index (χ3v) is 6.86. The minimum atomic E-state index is 0.317. The summed E-state index contributed by atoms with van der Waals surface area (Å²) in [6.07, 6.45) is 8.48. The molecule has 0 radical (unpaired) electrons. The van der Waals surface area contributed by atoms with Gasteiger partial charge < -0.3 is 14.4 Å². The monoisotopic (exact) mass is 461 g/mol. The number of aromatic nitrogens is 5. The molecule has 9 heteroatoms. The van der Waals surface area contributed by atoms with E-state index in [9.17, 15) is 5.26 Å². The van der Waals surface area contributed by atoms with Crippen LogP contribution in [0.15, 0.2) is 24.7 Å². The Morgan fingerprint density at radius 2 is 2.12 bits per heavy atom. The fraction of sp³-hybridized carbons (Fsp3) is 0.520.